The molecule has 0 N–H and O–H groups in total. The van der Waals surface area contributed by atoms with Gasteiger partial charge in [-0.1, -0.05) is 0 Å². The van der Waals surface area contributed by atoms with E-state index in [0.717, 1.165) is 0 Å². The Morgan fingerprint density at radius 3 is 2.82 bits per heavy atom. The van der Waals surface area contributed by atoms with Gasteiger partial charge in [-0.15, -0.1) is 11.1 Å². The van der Waals surface area contributed by atoms with Gasteiger partial charge in [-0.3, -0.25) is 3.87 Å². The molecule has 1 saturated heterocycles. The third kappa shape index (κ3) is 3.08. The van der Waals surface area contributed by atoms with E-state index in [4.69, 9.17) is 11.1 Å². The molecule has 1 aliphatic rings. The molecule has 4 nitrogen and oxygen atoms in total. The summed E-state index contributed by atoms with van der Waals surface area (Å²) in [6.45, 7) is 1.82. The summed E-state index contributed by atoms with van der Waals surface area (Å²) in [5, 5.41) is 0. The first-order chi connectivity index (χ1) is 4.91. The molecule has 0 aromatic carbocycles. The molecule has 0 radical (unpaired) electrons. The zero-order valence-electron chi connectivity index (χ0n) is 6.04. The second kappa shape index (κ2) is 3.02. The maximum atomic E-state index is 10.8. The molecule has 0 saturated carbocycles. The van der Waals surface area contributed by atoms with Crippen LogP contribution >= 0.6 is 11.1 Å². The van der Waals surface area contributed by atoms with Gasteiger partial charge in [-0.2, -0.15) is 8.42 Å². The maximum absolute atomic E-state index is 10.8. The monoisotopic (exact) mass is 216 g/mol. The van der Waals surface area contributed by atoms with E-state index in [1.807, 2.05) is 0 Å². The Morgan fingerprint density at radius 2 is 2.18 bits per heavy atom. The van der Waals surface area contributed by atoms with Gasteiger partial charge in [-0.25, -0.2) is 4.18 Å². The first-order valence-electron chi connectivity index (χ1n) is 3.20. The Hall–Kier alpha value is 0.377. The van der Waals surface area contributed by atoms with Crippen molar-refractivity contribution in [3.05, 3.63) is 0 Å². The summed E-state index contributed by atoms with van der Waals surface area (Å²) in [6, 6.07) is 0.605. The Bertz CT molecular complexity index is 236. The van der Waals surface area contributed by atoms with Crippen LogP contribution in [0.25, 0.3) is 0 Å². The molecule has 0 aromatic rings. The van der Waals surface area contributed by atoms with Gasteiger partial charge < -0.3 is 0 Å². The van der Waals surface area contributed by atoms with Gasteiger partial charge >= 0.3 is 18.0 Å². The standard InChI is InChI=1S/C4H9ClO4SSi/c1-11(5)4-2-3-8-10(6,7)9-11/h2-4H2,1H3. The lowest BCUT2D eigenvalue weighted by molar-refractivity contribution is 0.286. The van der Waals surface area contributed by atoms with Crippen molar-refractivity contribution in [1.82, 2.24) is 0 Å². The molecule has 1 fully saturated rings. The number of hydrogen-bond acceptors (Lipinski definition) is 4. The predicted octanol–water partition coefficient (Wildman–Crippen LogP) is 0.979. The molecule has 0 aliphatic carbocycles. The lowest BCUT2D eigenvalue weighted by atomic mass is 10.5. The van der Waals surface area contributed by atoms with E-state index in [1.165, 1.54) is 0 Å². The molecule has 0 amide bonds. The van der Waals surface area contributed by atoms with Crippen LogP contribution in [0.2, 0.25) is 12.6 Å². The minimum absolute atomic E-state index is 0.178. The minimum atomic E-state index is -3.80. The van der Waals surface area contributed by atoms with Crippen LogP contribution in [0.5, 0.6) is 0 Å². The van der Waals surface area contributed by atoms with Crippen LogP contribution in [0.3, 0.4) is 0 Å². The van der Waals surface area contributed by atoms with E-state index in [0.29, 0.717) is 12.5 Å². The molecule has 7 heteroatoms. The van der Waals surface area contributed by atoms with Crippen LogP contribution in [0.1, 0.15) is 6.42 Å². The largest absolute Gasteiger partial charge is 0.391 e. The quantitative estimate of drug-likeness (QED) is 0.448. The fourth-order valence-corrected chi connectivity index (χ4v) is 5.25. The van der Waals surface area contributed by atoms with Crippen LogP contribution in [0.4, 0.5) is 0 Å². The van der Waals surface area contributed by atoms with Crippen LogP contribution in [-0.2, 0) is 18.5 Å². The van der Waals surface area contributed by atoms with E-state index >= 15 is 0 Å². The highest BCUT2D eigenvalue weighted by atomic mass is 35.6. The highest BCUT2D eigenvalue weighted by molar-refractivity contribution is 7.83. The van der Waals surface area contributed by atoms with E-state index in [2.05, 4.69) is 8.06 Å². The molecule has 11 heavy (non-hydrogen) atoms. The molecule has 0 spiro atoms. The lowest BCUT2D eigenvalue weighted by Crippen LogP contribution is -2.28. The van der Waals surface area contributed by atoms with Gasteiger partial charge in [-0.05, 0) is 19.0 Å². The Morgan fingerprint density at radius 1 is 1.55 bits per heavy atom. The molecule has 0 aromatic heterocycles. The van der Waals surface area contributed by atoms with Gasteiger partial charge in [0.25, 0.3) is 0 Å². The van der Waals surface area contributed by atoms with Crippen molar-refractivity contribution in [3.8, 4) is 0 Å². The maximum Gasteiger partial charge on any atom is 0.391 e. The van der Waals surface area contributed by atoms with Crippen molar-refractivity contribution in [2.45, 2.75) is 19.0 Å². The lowest BCUT2D eigenvalue weighted by Gasteiger charge is -2.13. The van der Waals surface area contributed by atoms with Crippen molar-refractivity contribution in [3.63, 3.8) is 0 Å². The topological polar surface area (TPSA) is 52.6 Å². The number of hydrogen-bond donors (Lipinski definition) is 0. The van der Waals surface area contributed by atoms with Gasteiger partial charge in [0.15, 0.2) is 0 Å². The highest BCUT2D eigenvalue weighted by Gasteiger charge is 2.35. The molecule has 66 valence electrons. The van der Waals surface area contributed by atoms with Gasteiger partial charge in [0.2, 0.25) is 0 Å². The fraction of sp³-hybridized carbons (Fsp3) is 1.00. The van der Waals surface area contributed by atoms with Crippen molar-refractivity contribution in [2.75, 3.05) is 6.61 Å². The Labute approximate surface area is 71.6 Å². The van der Waals surface area contributed by atoms with Crippen molar-refractivity contribution in [1.29, 1.82) is 0 Å². The average Bonchev–Trinajstić information content (AvgIpc) is 1.86. The molecule has 0 bridgehead atoms. The second-order valence-electron chi connectivity index (χ2n) is 2.52. The van der Waals surface area contributed by atoms with Gasteiger partial charge in [0, 0.05) is 0 Å². The summed E-state index contributed by atoms with van der Waals surface area (Å²) in [7, 11) is -6.31. The van der Waals surface area contributed by atoms with E-state index in [1.54, 1.807) is 6.55 Å². The van der Waals surface area contributed by atoms with Crippen LogP contribution in [-0.4, -0.2) is 22.7 Å². The fourth-order valence-electron chi connectivity index (χ4n) is 0.827. The van der Waals surface area contributed by atoms with Crippen molar-refractivity contribution < 1.29 is 16.5 Å². The SMILES string of the molecule is C[Si]1(Cl)CCCOS(=O)(=O)O1. The number of halogens is 1. The van der Waals surface area contributed by atoms with Crippen LogP contribution in [0.15, 0.2) is 0 Å². The van der Waals surface area contributed by atoms with Crippen molar-refractivity contribution >= 4 is 29.1 Å². The predicted molar refractivity (Wildman–Crippen MR) is 42.9 cm³/mol. The van der Waals surface area contributed by atoms with Crippen LogP contribution < -0.4 is 0 Å². The molecule has 1 heterocycles. The third-order valence-electron chi connectivity index (χ3n) is 1.27. The van der Waals surface area contributed by atoms with E-state index < -0.39 is 18.0 Å². The van der Waals surface area contributed by atoms with Gasteiger partial charge in [0.05, 0.1) is 6.61 Å². The molecule has 1 unspecified atom stereocenters. The molecule has 1 rings (SSSR count). The highest BCUT2D eigenvalue weighted by Crippen LogP contribution is 2.24. The van der Waals surface area contributed by atoms with Crippen LogP contribution in [0, 0.1) is 0 Å². The van der Waals surface area contributed by atoms with Crippen molar-refractivity contribution in [2.24, 2.45) is 0 Å². The molecular weight excluding hydrogens is 208 g/mol. The summed E-state index contributed by atoms with van der Waals surface area (Å²) >= 11 is 5.82. The molecule has 1 atom stereocenters. The zero-order valence-corrected chi connectivity index (χ0v) is 8.61. The first-order valence-corrected chi connectivity index (χ1v) is 8.16. The molecular formula is C4H9ClO4SSi. The van der Waals surface area contributed by atoms with Gasteiger partial charge in [0.1, 0.15) is 0 Å². The number of rotatable bonds is 0. The van der Waals surface area contributed by atoms with E-state index in [9.17, 15) is 8.42 Å². The summed E-state index contributed by atoms with van der Waals surface area (Å²) in [6.07, 6.45) is 0.644. The Kier molecular flexibility index (Phi) is 2.60. The minimum Gasteiger partial charge on any atom is -0.275 e. The normalized spacial score (nSPS) is 38.0. The van der Waals surface area contributed by atoms with E-state index in [-0.39, 0.29) is 6.61 Å². The smallest absolute Gasteiger partial charge is 0.275 e. The molecule has 1 aliphatic heterocycles. The third-order valence-corrected chi connectivity index (χ3v) is 6.31. The summed E-state index contributed by atoms with van der Waals surface area (Å²) < 4.78 is 30.7. The first kappa shape index (κ1) is 9.46. The average molecular weight is 217 g/mol. The Balaban J connectivity index is 2.78. The summed E-state index contributed by atoms with van der Waals surface area (Å²) in [4.78, 5) is 0. The summed E-state index contributed by atoms with van der Waals surface area (Å²) in [5.74, 6) is 0. The summed E-state index contributed by atoms with van der Waals surface area (Å²) in [5.41, 5.74) is 0. The zero-order chi connectivity index (χ0) is 8.54. The second-order valence-corrected chi connectivity index (χ2v) is 9.34.